The molecule has 1 fully saturated rings. The van der Waals surface area contributed by atoms with Gasteiger partial charge in [-0.2, -0.15) is 0 Å². The fraction of sp³-hybridized carbons (Fsp3) is 0.750. The van der Waals surface area contributed by atoms with Crippen LogP contribution in [-0.2, 0) is 9.53 Å². The van der Waals surface area contributed by atoms with E-state index in [1.165, 1.54) is 7.11 Å². The summed E-state index contributed by atoms with van der Waals surface area (Å²) in [4.78, 5) is 34.8. The second-order valence-corrected chi connectivity index (χ2v) is 4.65. The zero-order valence-electron chi connectivity index (χ0n) is 11.6. The Kier molecular flexibility index (Phi) is 6.61. The third kappa shape index (κ3) is 5.77. The van der Waals surface area contributed by atoms with Crippen molar-refractivity contribution in [2.24, 2.45) is 0 Å². The van der Waals surface area contributed by atoms with Gasteiger partial charge in [0.2, 0.25) is 0 Å². The molecule has 0 aromatic heterocycles. The number of hydrogen-bond donors (Lipinski definition) is 3. The number of urea groups is 1. The van der Waals surface area contributed by atoms with E-state index in [2.05, 4.69) is 15.4 Å². The lowest BCUT2D eigenvalue weighted by atomic mass is 10.2. The van der Waals surface area contributed by atoms with Gasteiger partial charge in [0.1, 0.15) is 0 Å². The lowest BCUT2D eigenvalue weighted by Crippen LogP contribution is -2.42. The van der Waals surface area contributed by atoms with Crippen LogP contribution in [0.3, 0.4) is 0 Å². The van der Waals surface area contributed by atoms with Crippen LogP contribution in [0.2, 0.25) is 0 Å². The number of alkyl carbamates (subject to hydrolysis) is 1. The summed E-state index contributed by atoms with van der Waals surface area (Å²) in [6.45, 7) is 1.49. The Labute approximate surface area is 117 Å². The molecule has 1 rings (SSSR count). The SMILES string of the molecule is COC(=O)NC1CCN(C(=O)NCCCCC(=O)O)C1. The lowest BCUT2D eigenvalue weighted by molar-refractivity contribution is -0.137. The van der Waals surface area contributed by atoms with Crippen molar-refractivity contribution in [3.63, 3.8) is 0 Å². The number of carbonyl (C=O) groups is 3. The van der Waals surface area contributed by atoms with Gasteiger partial charge in [0.05, 0.1) is 13.2 Å². The Morgan fingerprint density at radius 2 is 2.10 bits per heavy atom. The molecular formula is C12H21N3O5. The molecule has 1 unspecified atom stereocenters. The maximum absolute atomic E-state index is 11.8. The largest absolute Gasteiger partial charge is 0.481 e. The van der Waals surface area contributed by atoms with Gasteiger partial charge in [0, 0.05) is 26.1 Å². The van der Waals surface area contributed by atoms with Gasteiger partial charge in [-0.1, -0.05) is 0 Å². The Bertz CT molecular complexity index is 361. The average molecular weight is 287 g/mol. The molecule has 1 aliphatic rings. The molecule has 8 heteroatoms. The van der Waals surface area contributed by atoms with E-state index in [1.807, 2.05) is 0 Å². The number of likely N-dealkylation sites (tertiary alicyclic amines) is 1. The molecule has 20 heavy (non-hydrogen) atoms. The molecule has 3 N–H and O–H groups in total. The average Bonchev–Trinajstić information content (AvgIpc) is 2.86. The van der Waals surface area contributed by atoms with Crippen LogP contribution in [0.15, 0.2) is 0 Å². The molecule has 8 nitrogen and oxygen atoms in total. The molecule has 0 spiro atoms. The van der Waals surface area contributed by atoms with Crippen molar-refractivity contribution < 1.29 is 24.2 Å². The predicted molar refractivity (Wildman–Crippen MR) is 70.4 cm³/mol. The van der Waals surface area contributed by atoms with Gasteiger partial charge in [-0.25, -0.2) is 9.59 Å². The molecule has 0 saturated carbocycles. The van der Waals surface area contributed by atoms with E-state index in [-0.39, 0.29) is 18.5 Å². The highest BCUT2D eigenvalue weighted by Crippen LogP contribution is 2.09. The fourth-order valence-electron chi connectivity index (χ4n) is 2.00. The van der Waals surface area contributed by atoms with Gasteiger partial charge in [0.25, 0.3) is 0 Å². The molecule has 0 bridgehead atoms. The predicted octanol–water partition coefficient (Wildman–Crippen LogP) is 0.381. The van der Waals surface area contributed by atoms with Crippen LogP contribution in [-0.4, -0.2) is 60.9 Å². The normalized spacial score (nSPS) is 17.6. The molecule has 1 aliphatic heterocycles. The minimum Gasteiger partial charge on any atom is -0.481 e. The molecule has 1 heterocycles. The summed E-state index contributed by atoms with van der Waals surface area (Å²) in [6.07, 6.45) is 1.50. The highest BCUT2D eigenvalue weighted by Gasteiger charge is 2.27. The number of rotatable bonds is 6. The molecule has 114 valence electrons. The smallest absolute Gasteiger partial charge is 0.407 e. The zero-order chi connectivity index (χ0) is 15.0. The summed E-state index contributed by atoms with van der Waals surface area (Å²) in [5.74, 6) is -0.826. The quantitative estimate of drug-likeness (QED) is 0.612. The summed E-state index contributed by atoms with van der Waals surface area (Å²) < 4.78 is 4.50. The number of carbonyl (C=O) groups excluding carboxylic acids is 2. The van der Waals surface area contributed by atoms with Crippen LogP contribution in [0.5, 0.6) is 0 Å². The van der Waals surface area contributed by atoms with Crippen LogP contribution in [0.4, 0.5) is 9.59 Å². The second kappa shape index (κ2) is 8.23. The number of ether oxygens (including phenoxy) is 1. The zero-order valence-corrected chi connectivity index (χ0v) is 11.6. The Hall–Kier alpha value is -1.99. The molecule has 0 radical (unpaired) electrons. The van der Waals surface area contributed by atoms with Crippen LogP contribution in [0.1, 0.15) is 25.7 Å². The first kappa shape index (κ1) is 16.1. The van der Waals surface area contributed by atoms with Crippen LogP contribution in [0, 0.1) is 0 Å². The van der Waals surface area contributed by atoms with E-state index in [0.29, 0.717) is 38.9 Å². The van der Waals surface area contributed by atoms with Crippen molar-refractivity contribution in [3.05, 3.63) is 0 Å². The van der Waals surface area contributed by atoms with Gasteiger partial charge in [-0.3, -0.25) is 4.79 Å². The van der Waals surface area contributed by atoms with E-state index < -0.39 is 12.1 Å². The fourth-order valence-corrected chi connectivity index (χ4v) is 2.00. The van der Waals surface area contributed by atoms with Crippen molar-refractivity contribution in [1.82, 2.24) is 15.5 Å². The van der Waals surface area contributed by atoms with Gasteiger partial charge in [-0.05, 0) is 19.3 Å². The monoisotopic (exact) mass is 287 g/mol. The molecule has 1 atom stereocenters. The summed E-state index contributed by atoms with van der Waals surface area (Å²) in [7, 11) is 1.30. The first-order chi connectivity index (χ1) is 9.52. The summed E-state index contributed by atoms with van der Waals surface area (Å²) in [5.41, 5.74) is 0. The van der Waals surface area contributed by atoms with E-state index >= 15 is 0 Å². The highest BCUT2D eigenvalue weighted by molar-refractivity contribution is 5.75. The van der Waals surface area contributed by atoms with Gasteiger partial charge in [0.15, 0.2) is 0 Å². The van der Waals surface area contributed by atoms with Gasteiger partial charge >= 0.3 is 18.1 Å². The Morgan fingerprint density at radius 1 is 1.35 bits per heavy atom. The molecule has 0 aromatic rings. The summed E-state index contributed by atoms with van der Waals surface area (Å²) >= 11 is 0. The number of methoxy groups -OCH3 is 1. The van der Waals surface area contributed by atoms with Crippen LogP contribution < -0.4 is 10.6 Å². The number of amides is 3. The highest BCUT2D eigenvalue weighted by atomic mass is 16.5. The van der Waals surface area contributed by atoms with E-state index in [1.54, 1.807) is 4.90 Å². The van der Waals surface area contributed by atoms with Gasteiger partial charge in [-0.15, -0.1) is 0 Å². The number of aliphatic carboxylic acids is 1. The first-order valence-electron chi connectivity index (χ1n) is 6.62. The number of nitrogens with one attached hydrogen (secondary N) is 2. The number of unbranched alkanes of at least 4 members (excludes halogenated alkanes) is 1. The lowest BCUT2D eigenvalue weighted by Gasteiger charge is -2.17. The van der Waals surface area contributed by atoms with E-state index in [0.717, 1.165) is 0 Å². The van der Waals surface area contributed by atoms with Crippen molar-refractivity contribution >= 4 is 18.1 Å². The Morgan fingerprint density at radius 3 is 2.75 bits per heavy atom. The molecule has 0 aromatic carbocycles. The molecular weight excluding hydrogens is 266 g/mol. The number of carboxylic acid groups (broad SMARTS) is 1. The second-order valence-electron chi connectivity index (χ2n) is 4.65. The number of hydrogen-bond acceptors (Lipinski definition) is 4. The van der Waals surface area contributed by atoms with Crippen LogP contribution >= 0.6 is 0 Å². The number of carboxylic acids is 1. The maximum Gasteiger partial charge on any atom is 0.407 e. The molecule has 0 aliphatic carbocycles. The van der Waals surface area contributed by atoms with Crippen molar-refractivity contribution in [2.75, 3.05) is 26.7 Å². The van der Waals surface area contributed by atoms with E-state index in [4.69, 9.17) is 5.11 Å². The topological polar surface area (TPSA) is 108 Å². The summed E-state index contributed by atoms with van der Waals surface area (Å²) in [5, 5.41) is 13.9. The Balaban J connectivity index is 2.15. The minimum absolute atomic E-state index is 0.0831. The summed E-state index contributed by atoms with van der Waals surface area (Å²) in [6, 6.07) is -0.269. The van der Waals surface area contributed by atoms with Gasteiger partial charge < -0.3 is 25.4 Å². The third-order valence-corrected chi connectivity index (χ3v) is 3.08. The third-order valence-electron chi connectivity index (χ3n) is 3.08. The maximum atomic E-state index is 11.8. The van der Waals surface area contributed by atoms with Crippen molar-refractivity contribution in [3.8, 4) is 0 Å². The number of nitrogens with zero attached hydrogens (tertiary/aromatic N) is 1. The molecule has 3 amide bonds. The van der Waals surface area contributed by atoms with Crippen molar-refractivity contribution in [1.29, 1.82) is 0 Å². The van der Waals surface area contributed by atoms with Crippen molar-refractivity contribution in [2.45, 2.75) is 31.7 Å². The molecule has 1 saturated heterocycles. The van der Waals surface area contributed by atoms with E-state index in [9.17, 15) is 14.4 Å². The standard InChI is InChI=1S/C12H21N3O5/c1-20-12(19)14-9-5-7-15(8-9)11(18)13-6-3-2-4-10(16)17/h9H,2-8H2,1H3,(H,13,18)(H,14,19)(H,16,17). The van der Waals surface area contributed by atoms with Crippen LogP contribution in [0.25, 0.3) is 0 Å². The minimum atomic E-state index is -0.826. The first-order valence-corrected chi connectivity index (χ1v) is 6.62.